The molecule has 18 heavy (non-hydrogen) atoms. The Labute approximate surface area is 115 Å². The molecule has 0 nitrogen and oxygen atoms in total. The summed E-state index contributed by atoms with van der Waals surface area (Å²) >= 11 is 0. The first kappa shape index (κ1) is 15.5. The SMILES string of the molecule is CCCC/C=C(/C)CC1CCCCCC/C=C\1C. The van der Waals surface area contributed by atoms with Crippen LogP contribution in [0.4, 0.5) is 0 Å². The molecule has 0 radical (unpaired) electrons. The summed E-state index contributed by atoms with van der Waals surface area (Å²) in [4.78, 5) is 0. The lowest BCUT2D eigenvalue weighted by molar-refractivity contribution is 0.511. The highest BCUT2D eigenvalue weighted by Crippen LogP contribution is 2.28. The summed E-state index contributed by atoms with van der Waals surface area (Å²) in [5, 5.41) is 0. The molecule has 104 valence electrons. The molecule has 0 aromatic carbocycles. The van der Waals surface area contributed by atoms with Crippen molar-refractivity contribution in [3.8, 4) is 0 Å². The predicted molar refractivity (Wildman–Crippen MR) is 82.8 cm³/mol. The molecule has 0 heteroatoms. The van der Waals surface area contributed by atoms with Crippen LogP contribution in [-0.2, 0) is 0 Å². The molecular weight excluding hydrogens is 216 g/mol. The van der Waals surface area contributed by atoms with Gasteiger partial charge in [0, 0.05) is 0 Å². The van der Waals surface area contributed by atoms with E-state index in [9.17, 15) is 0 Å². The largest absolute Gasteiger partial charge is 0.0856 e. The van der Waals surface area contributed by atoms with Crippen molar-refractivity contribution in [2.45, 2.75) is 85.0 Å². The van der Waals surface area contributed by atoms with Crippen LogP contribution >= 0.6 is 0 Å². The van der Waals surface area contributed by atoms with Gasteiger partial charge in [0.1, 0.15) is 0 Å². The Hall–Kier alpha value is -0.520. The van der Waals surface area contributed by atoms with Gasteiger partial charge >= 0.3 is 0 Å². The summed E-state index contributed by atoms with van der Waals surface area (Å²) in [6.45, 7) is 6.96. The molecule has 1 atom stereocenters. The molecule has 1 rings (SSSR count). The maximum atomic E-state index is 2.51. The number of allylic oxidation sites excluding steroid dienone is 4. The van der Waals surface area contributed by atoms with Crippen LogP contribution in [-0.4, -0.2) is 0 Å². The quantitative estimate of drug-likeness (QED) is 0.388. The summed E-state index contributed by atoms with van der Waals surface area (Å²) in [7, 11) is 0. The summed E-state index contributed by atoms with van der Waals surface area (Å²) in [6, 6.07) is 0. The average molecular weight is 248 g/mol. The molecule has 0 amide bonds. The van der Waals surface area contributed by atoms with E-state index in [2.05, 4.69) is 32.9 Å². The monoisotopic (exact) mass is 248 g/mol. The molecule has 0 heterocycles. The second-order valence-electron chi connectivity index (χ2n) is 6.03. The van der Waals surface area contributed by atoms with Crippen molar-refractivity contribution in [1.29, 1.82) is 0 Å². The van der Waals surface area contributed by atoms with E-state index in [4.69, 9.17) is 0 Å². The lowest BCUT2D eigenvalue weighted by atomic mass is 9.88. The Kier molecular flexibility index (Phi) is 8.13. The van der Waals surface area contributed by atoms with Gasteiger partial charge in [0.15, 0.2) is 0 Å². The number of rotatable bonds is 5. The maximum absolute atomic E-state index is 2.51. The van der Waals surface area contributed by atoms with Crippen LogP contribution in [0.3, 0.4) is 0 Å². The zero-order valence-electron chi connectivity index (χ0n) is 12.8. The smallest absolute Gasteiger partial charge is 0.0169 e. The molecule has 0 saturated heterocycles. The van der Waals surface area contributed by atoms with Gasteiger partial charge in [0.2, 0.25) is 0 Å². The number of unbranched alkanes of at least 4 members (excludes halogenated alkanes) is 2. The van der Waals surface area contributed by atoms with E-state index in [-0.39, 0.29) is 0 Å². The first-order valence-electron chi connectivity index (χ1n) is 8.06. The minimum absolute atomic E-state index is 0.820. The molecule has 0 aliphatic heterocycles. The first-order valence-corrected chi connectivity index (χ1v) is 8.06. The summed E-state index contributed by atoms with van der Waals surface area (Å²) in [6.07, 6.45) is 18.6. The van der Waals surface area contributed by atoms with Crippen molar-refractivity contribution in [3.05, 3.63) is 23.3 Å². The zero-order valence-corrected chi connectivity index (χ0v) is 12.8. The van der Waals surface area contributed by atoms with E-state index in [1.165, 1.54) is 64.2 Å². The highest BCUT2D eigenvalue weighted by molar-refractivity contribution is 5.10. The third kappa shape index (κ3) is 6.42. The Morgan fingerprint density at radius 2 is 2.06 bits per heavy atom. The predicted octanol–water partition coefficient (Wildman–Crippen LogP) is 6.43. The standard InChI is InChI=1S/C18H32/c1-4-5-9-12-16(2)15-18-14-11-8-6-7-10-13-17(18)3/h12-13,18H,4-11,14-15H2,1-3H3/b16-12-,17-13-. The minimum Gasteiger partial charge on any atom is -0.0856 e. The fraction of sp³-hybridized carbons (Fsp3) is 0.778. The van der Waals surface area contributed by atoms with Crippen molar-refractivity contribution in [2.75, 3.05) is 0 Å². The Bertz CT molecular complexity index is 270. The van der Waals surface area contributed by atoms with E-state index in [1.54, 1.807) is 11.1 Å². The van der Waals surface area contributed by atoms with Crippen LogP contribution in [0.15, 0.2) is 23.3 Å². The topological polar surface area (TPSA) is 0 Å². The van der Waals surface area contributed by atoms with Gasteiger partial charge in [0.05, 0.1) is 0 Å². The lowest BCUT2D eigenvalue weighted by Crippen LogP contribution is -2.03. The van der Waals surface area contributed by atoms with Crippen molar-refractivity contribution < 1.29 is 0 Å². The van der Waals surface area contributed by atoms with Gasteiger partial charge in [-0.05, 0) is 51.9 Å². The van der Waals surface area contributed by atoms with E-state index in [0.29, 0.717) is 0 Å². The second kappa shape index (κ2) is 9.42. The van der Waals surface area contributed by atoms with Crippen LogP contribution < -0.4 is 0 Å². The molecule has 0 N–H and O–H groups in total. The van der Waals surface area contributed by atoms with Crippen molar-refractivity contribution in [3.63, 3.8) is 0 Å². The molecule has 0 spiro atoms. The van der Waals surface area contributed by atoms with Crippen LogP contribution in [0, 0.1) is 5.92 Å². The summed E-state index contributed by atoms with van der Waals surface area (Å²) < 4.78 is 0. The summed E-state index contributed by atoms with van der Waals surface area (Å²) in [5.41, 5.74) is 3.26. The van der Waals surface area contributed by atoms with Crippen molar-refractivity contribution in [1.82, 2.24) is 0 Å². The zero-order chi connectivity index (χ0) is 13.2. The maximum Gasteiger partial charge on any atom is -0.0169 e. The number of hydrogen-bond acceptors (Lipinski definition) is 0. The Morgan fingerprint density at radius 1 is 1.28 bits per heavy atom. The second-order valence-corrected chi connectivity index (χ2v) is 6.03. The van der Waals surface area contributed by atoms with E-state index >= 15 is 0 Å². The fourth-order valence-corrected chi connectivity index (χ4v) is 2.90. The molecule has 0 bridgehead atoms. The average Bonchev–Trinajstić information content (AvgIpc) is 2.44. The van der Waals surface area contributed by atoms with Crippen molar-refractivity contribution >= 4 is 0 Å². The van der Waals surface area contributed by atoms with Crippen LogP contribution in [0.1, 0.15) is 85.0 Å². The van der Waals surface area contributed by atoms with Crippen LogP contribution in [0.2, 0.25) is 0 Å². The molecule has 1 aliphatic carbocycles. The summed E-state index contributed by atoms with van der Waals surface area (Å²) in [5.74, 6) is 0.820. The van der Waals surface area contributed by atoms with Crippen LogP contribution in [0.25, 0.3) is 0 Å². The van der Waals surface area contributed by atoms with Gasteiger partial charge in [-0.2, -0.15) is 0 Å². The highest BCUT2D eigenvalue weighted by atomic mass is 14.2. The van der Waals surface area contributed by atoms with Gasteiger partial charge in [-0.15, -0.1) is 0 Å². The van der Waals surface area contributed by atoms with Gasteiger partial charge in [-0.3, -0.25) is 0 Å². The van der Waals surface area contributed by atoms with Gasteiger partial charge < -0.3 is 0 Å². The van der Waals surface area contributed by atoms with Crippen molar-refractivity contribution in [2.24, 2.45) is 5.92 Å². The first-order chi connectivity index (χ1) is 8.74. The van der Waals surface area contributed by atoms with E-state index < -0.39 is 0 Å². The Morgan fingerprint density at radius 3 is 2.83 bits per heavy atom. The third-order valence-corrected chi connectivity index (χ3v) is 4.24. The van der Waals surface area contributed by atoms with E-state index in [1.807, 2.05) is 0 Å². The van der Waals surface area contributed by atoms with Gasteiger partial charge in [0.25, 0.3) is 0 Å². The normalized spacial score (nSPS) is 25.8. The molecule has 0 fully saturated rings. The fourth-order valence-electron chi connectivity index (χ4n) is 2.90. The van der Waals surface area contributed by atoms with Gasteiger partial charge in [-0.25, -0.2) is 0 Å². The molecule has 0 saturated carbocycles. The number of hydrogen-bond donors (Lipinski definition) is 0. The highest BCUT2D eigenvalue weighted by Gasteiger charge is 2.12. The minimum atomic E-state index is 0.820. The van der Waals surface area contributed by atoms with E-state index in [0.717, 1.165) is 5.92 Å². The molecule has 0 aromatic heterocycles. The third-order valence-electron chi connectivity index (χ3n) is 4.24. The lowest BCUT2D eigenvalue weighted by Gasteiger charge is -2.18. The molecule has 1 aliphatic rings. The molecule has 0 aromatic rings. The van der Waals surface area contributed by atoms with Gasteiger partial charge in [-0.1, -0.05) is 62.3 Å². The molecular formula is C18H32. The Balaban J connectivity index is 2.49. The molecule has 1 unspecified atom stereocenters. The van der Waals surface area contributed by atoms with Crippen LogP contribution in [0.5, 0.6) is 0 Å².